The van der Waals surface area contributed by atoms with Crippen molar-refractivity contribution in [2.75, 3.05) is 14.2 Å². The Hall–Kier alpha value is -6.28. The van der Waals surface area contributed by atoms with Crippen LogP contribution in [-0.2, 0) is 58.8 Å². The van der Waals surface area contributed by atoms with Gasteiger partial charge >= 0.3 is 24.7 Å². The van der Waals surface area contributed by atoms with Crippen LogP contribution in [0, 0.1) is 67.2 Å². The van der Waals surface area contributed by atoms with Gasteiger partial charge < -0.3 is 9.47 Å². The standard InChI is InChI=1S/C47H44F12O2P2.C41H44P2.2C5H10.2Fe/c1-25-15-34(16-26(2)42(25)60-6)63(35-17-27(3)43(61-7)28(4)18-35)41-14-9-8-11-40(41)39-13-10-12-38(39)29(5)62(36-21-30(44(48,49)50)19-31(22-36)45(51,52)53)37-23-32(46(54,55)56)20-33(24-37)47(57,58)59;1-29-23-30(2)26-36(25-29)42(37-27-31(3)24-32(4)28-37)33(5)38-20-14-21-39(38)40-19-12-13-22-41(40)43(34-15-8-6-9-16-34)35-17-10-7-11-18-35;2*1-2-4-5-3-1;;/h8-9,11,14-24,29,38-39H,10,12-13H2,1-7H3;6-13,15-19,22-28,33,38-39H,14,20-21H2,1-5H3;2*1-5H2;;/t29-,38?,39?;33-,38?,39?;;;;/m11..../s1. The number of aryl methyl sites for hydroxylation is 8. The molecule has 4 saturated carbocycles. The number of ether oxygens (including phenoxy) is 2. The van der Waals surface area contributed by atoms with E-state index >= 15 is 0 Å². The first kappa shape index (κ1) is 95.6. The second-order valence-electron chi connectivity index (χ2n) is 32.1. The van der Waals surface area contributed by atoms with Gasteiger partial charge in [0.2, 0.25) is 0 Å². The molecule has 0 aromatic heterocycles. The number of methoxy groups -OCH3 is 2. The van der Waals surface area contributed by atoms with Gasteiger partial charge in [-0.2, -0.15) is 52.7 Å². The maximum Gasteiger partial charge on any atom is 0.416 e. The van der Waals surface area contributed by atoms with E-state index in [0.717, 1.165) is 43.7 Å². The van der Waals surface area contributed by atoms with Gasteiger partial charge in [-0.1, -0.05) is 259 Å². The normalized spacial score (nSPS) is 17.4. The Morgan fingerprint density at radius 1 is 0.288 bits per heavy atom. The third-order valence-electron chi connectivity index (χ3n) is 23.4. The van der Waals surface area contributed by atoms with Crippen LogP contribution in [0.25, 0.3) is 0 Å². The predicted molar refractivity (Wildman–Crippen MR) is 465 cm³/mol. The van der Waals surface area contributed by atoms with E-state index in [2.05, 4.69) is 156 Å². The quantitative estimate of drug-likeness (QED) is 0.0484. The molecule has 10 aromatic rings. The molecule has 4 unspecified atom stereocenters. The molecule has 20 heteroatoms. The van der Waals surface area contributed by atoms with Crippen molar-refractivity contribution in [3.05, 3.63) is 284 Å². The van der Waals surface area contributed by atoms with Crippen LogP contribution in [0.3, 0.4) is 0 Å². The van der Waals surface area contributed by atoms with Gasteiger partial charge in [0.15, 0.2) is 0 Å². The van der Waals surface area contributed by atoms with Crippen molar-refractivity contribution in [3.63, 3.8) is 0 Å². The monoisotopic (exact) mass is 1780 g/mol. The average Bonchev–Trinajstić information content (AvgIpc) is 1.22. The van der Waals surface area contributed by atoms with Gasteiger partial charge in [-0.25, -0.2) is 0 Å². The van der Waals surface area contributed by atoms with E-state index in [4.69, 9.17) is 9.47 Å². The summed E-state index contributed by atoms with van der Waals surface area (Å²) in [7, 11) is -2.15. The van der Waals surface area contributed by atoms with Crippen molar-refractivity contribution in [3.8, 4) is 11.5 Å². The van der Waals surface area contributed by atoms with E-state index in [-0.39, 0.29) is 46.3 Å². The molecule has 10 aromatic carbocycles. The second kappa shape index (κ2) is 42.2. The maximum absolute atomic E-state index is 14.3. The van der Waals surface area contributed by atoms with Crippen LogP contribution in [0.15, 0.2) is 206 Å². The molecule has 0 radical (unpaired) electrons. The molecule has 0 bridgehead atoms. The van der Waals surface area contributed by atoms with Crippen LogP contribution < -0.4 is 62.5 Å². The summed E-state index contributed by atoms with van der Waals surface area (Å²) in [5.41, 5.74) is 4.10. The summed E-state index contributed by atoms with van der Waals surface area (Å²) >= 11 is 0. The summed E-state index contributed by atoms with van der Waals surface area (Å²) in [5, 5.41) is 9.02. The molecule has 6 atom stereocenters. The van der Waals surface area contributed by atoms with Gasteiger partial charge in [0.05, 0.1) is 36.5 Å². The molecular weight excluding hydrogens is 1670 g/mol. The summed E-state index contributed by atoms with van der Waals surface area (Å²) in [4.78, 5) is 0. The summed E-state index contributed by atoms with van der Waals surface area (Å²) in [6, 6.07) is 63.8. The van der Waals surface area contributed by atoms with E-state index in [1.807, 2.05) is 76.2 Å². The van der Waals surface area contributed by atoms with E-state index in [1.54, 1.807) is 35.7 Å². The number of halogens is 12. The fraction of sp³-hybridized carbons (Fsp3) is 0.388. The fourth-order valence-corrected chi connectivity index (χ4v) is 30.3. The molecule has 118 heavy (non-hydrogen) atoms. The molecule has 0 heterocycles. The summed E-state index contributed by atoms with van der Waals surface area (Å²) in [5.74, 6) is 1.60. The third-order valence-corrected chi connectivity index (χ3v) is 34.0. The van der Waals surface area contributed by atoms with Crippen LogP contribution in [-0.4, -0.2) is 25.5 Å². The van der Waals surface area contributed by atoms with Gasteiger partial charge in [-0.3, -0.25) is 0 Å². The first-order chi connectivity index (χ1) is 55.1. The summed E-state index contributed by atoms with van der Waals surface area (Å²) in [6.07, 6.45) is -1.02. The van der Waals surface area contributed by atoms with E-state index in [0.29, 0.717) is 72.5 Å². The molecule has 0 saturated heterocycles. The van der Waals surface area contributed by atoms with Crippen LogP contribution in [0.2, 0.25) is 0 Å². The Morgan fingerprint density at radius 3 is 0.814 bits per heavy atom. The third kappa shape index (κ3) is 23.7. The van der Waals surface area contributed by atoms with E-state index in [9.17, 15) is 52.7 Å². The summed E-state index contributed by atoms with van der Waals surface area (Å²) in [6.45, 7) is 20.9. The van der Waals surface area contributed by atoms with Crippen LogP contribution >= 0.6 is 31.7 Å². The second-order valence-corrected chi connectivity index (χ2v) is 41.6. The van der Waals surface area contributed by atoms with Crippen molar-refractivity contribution in [2.24, 2.45) is 11.8 Å². The van der Waals surface area contributed by atoms with E-state index in [1.165, 1.54) is 123 Å². The Labute approximate surface area is 717 Å². The first-order valence-electron chi connectivity index (χ1n) is 40.7. The smallest absolute Gasteiger partial charge is 0.416 e. The summed E-state index contributed by atoms with van der Waals surface area (Å²) < 4.78 is 183. The molecule has 4 aliphatic carbocycles. The Kier molecular flexibility index (Phi) is 34.2. The molecule has 0 aliphatic heterocycles. The van der Waals surface area contributed by atoms with Gasteiger partial charge in [-0.15, -0.1) is 0 Å². The Balaban J connectivity index is 0.000000248. The van der Waals surface area contributed by atoms with Crippen molar-refractivity contribution in [1.29, 1.82) is 0 Å². The van der Waals surface area contributed by atoms with Crippen molar-refractivity contribution >= 4 is 84.7 Å². The minimum absolute atomic E-state index is 0. The number of hydrogen-bond acceptors (Lipinski definition) is 2. The Bertz CT molecular complexity index is 4540. The average molecular weight is 1780 g/mol. The molecule has 14 rings (SSSR count). The van der Waals surface area contributed by atoms with Crippen LogP contribution in [0.4, 0.5) is 52.7 Å². The number of rotatable bonds is 18. The number of benzene rings is 10. The number of hydrogen-bond donors (Lipinski definition) is 0. The SMILES string of the molecule is C1CCCC1.C1CCCC1.COc1c(C)cc(P(c2cc(C)c(OC)c(C)c2)c2ccccc2C2CCCC2[C@@H](C)P(c2cc(C(F)(F)F)cc(C(F)(F)F)c2)c2cc(C(F)(F)F)cc(C(F)(F)F)c2)cc1C.Cc1cc(C)cc(P(c2cc(C)cc(C)c2)[C@H](C)C2CCCC2c2ccccc2P(c2ccccc2)c2ccccc2)c1.[Fe].[Fe]. The molecule has 0 spiro atoms. The molecule has 4 fully saturated rings. The van der Waals surface area contributed by atoms with Gasteiger partial charge in [0.25, 0.3) is 0 Å². The fourth-order valence-electron chi connectivity index (χ4n) is 18.4. The van der Waals surface area contributed by atoms with Crippen LogP contribution in [0.5, 0.6) is 11.5 Å². The topological polar surface area (TPSA) is 18.5 Å². The van der Waals surface area contributed by atoms with Crippen molar-refractivity contribution in [2.45, 2.75) is 220 Å². The molecule has 0 amide bonds. The first-order valence-corrected chi connectivity index (χ1v) is 46.2. The van der Waals surface area contributed by atoms with Crippen molar-refractivity contribution in [1.82, 2.24) is 0 Å². The minimum atomic E-state index is -5.33. The van der Waals surface area contributed by atoms with Crippen molar-refractivity contribution < 1.29 is 96.3 Å². The zero-order valence-corrected chi connectivity index (χ0v) is 75.0. The molecule has 632 valence electrons. The molecule has 2 nitrogen and oxygen atoms in total. The minimum Gasteiger partial charge on any atom is -0.496 e. The van der Waals surface area contributed by atoms with Gasteiger partial charge in [0, 0.05) is 34.1 Å². The maximum atomic E-state index is 14.3. The van der Waals surface area contributed by atoms with Gasteiger partial charge in [0.1, 0.15) is 11.5 Å². The van der Waals surface area contributed by atoms with Gasteiger partial charge in [-0.05, 0) is 295 Å². The molecular formula is C98H108F12Fe2O2P4. The largest absolute Gasteiger partial charge is 0.496 e. The molecule has 4 aliphatic rings. The molecule has 0 N–H and O–H groups in total. The Morgan fingerprint density at radius 2 is 0.542 bits per heavy atom. The predicted octanol–water partition coefficient (Wildman–Crippen LogP) is 26.2. The van der Waals surface area contributed by atoms with E-state index < -0.39 is 107 Å². The zero-order chi connectivity index (χ0) is 83.6. The number of alkyl halides is 12. The zero-order valence-electron chi connectivity index (χ0n) is 69.3. The van der Waals surface area contributed by atoms with Crippen LogP contribution in [0.1, 0.15) is 206 Å².